The van der Waals surface area contributed by atoms with E-state index in [1.54, 1.807) is 13.8 Å². The van der Waals surface area contributed by atoms with E-state index in [2.05, 4.69) is 4.99 Å². The Bertz CT molecular complexity index is 597. The minimum absolute atomic E-state index is 0.260. The molecule has 0 N–H and O–H groups in total. The van der Waals surface area contributed by atoms with Crippen molar-refractivity contribution < 1.29 is 14.3 Å². The van der Waals surface area contributed by atoms with Gasteiger partial charge in [0.05, 0.1) is 6.54 Å². The molecule has 1 aromatic carbocycles. The van der Waals surface area contributed by atoms with Crippen LogP contribution in [0, 0.1) is 12.8 Å². The van der Waals surface area contributed by atoms with Gasteiger partial charge in [-0.1, -0.05) is 29.8 Å². The van der Waals surface area contributed by atoms with Gasteiger partial charge in [0.25, 0.3) is 0 Å². The van der Waals surface area contributed by atoms with Crippen LogP contribution in [0.4, 0.5) is 0 Å². The van der Waals surface area contributed by atoms with Gasteiger partial charge in [0.2, 0.25) is 0 Å². The quantitative estimate of drug-likeness (QED) is 0.482. The predicted molar refractivity (Wildman–Crippen MR) is 76.3 cm³/mol. The average Bonchev–Trinajstić information content (AvgIpc) is 2.37. The zero-order valence-corrected chi connectivity index (χ0v) is 11.8. The fourth-order valence-electron chi connectivity index (χ4n) is 2.02. The van der Waals surface area contributed by atoms with Crippen LogP contribution in [0.3, 0.4) is 0 Å². The summed E-state index contributed by atoms with van der Waals surface area (Å²) >= 11 is 0. The molecule has 20 heavy (non-hydrogen) atoms. The molecule has 0 bridgehead atoms. The van der Waals surface area contributed by atoms with Crippen molar-refractivity contribution in [2.45, 2.75) is 27.3 Å². The molecule has 4 nitrogen and oxygen atoms in total. The number of aliphatic imine (C=N–C) groups is 1. The van der Waals surface area contributed by atoms with Gasteiger partial charge in [-0.25, -0.2) is 0 Å². The molecule has 1 aromatic rings. The molecule has 104 valence electrons. The summed E-state index contributed by atoms with van der Waals surface area (Å²) in [6, 6.07) is 7.98. The largest absolute Gasteiger partial charge is 0.430 e. The van der Waals surface area contributed by atoms with Crippen LogP contribution in [0.2, 0.25) is 0 Å². The Kier molecular flexibility index (Phi) is 4.13. The van der Waals surface area contributed by atoms with Crippen molar-refractivity contribution >= 4 is 17.5 Å². The van der Waals surface area contributed by atoms with E-state index < -0.39 is 11.9 Å². The highest BCUT2D eigenvalue weighted by Crippen LogP contribution is 2.17. The Labute approximate surface area is 118 Å². The van der Waals surface area contributed by atoms with Gasteiger partial charge in [-0.05, 0) is 26.3 Å². The smallest absolute Gasteiger partial charge is 0.327 e. The van der Waals surface area contributed by atoms with Crippen molar-refractivity contribution in [3.63, 3.8) is 0 Å². The molecule has 1 heterocycles. The molecule has 0 fully saturated rings. The Balaban J connectivity index is 2.12. The molecule has 0 aliphatic carbocycles. The second-order valence-electron chi connectivity index (χ2n) is 4.95. The molecule has 1 aliphatic rings. The topological polar surface area (TPSA) is 55.7 Å². The molecule has 1 aliphatic heterocycles. The summed E-state index contributed by atoms with van der Waals surface area (Å²) < 4.78 is 4.98. The van der Waals surface area contributed by atoms with Gasteiger partial charge in [-0.15, -0.1) is 0 Å². The second kappa shape index (κ2) is 5.82. The SMILES string of the molecule is CC1=CC(=O)C(C(C)=NCc2ccc(C)cc2)C(=O)O1. The Hall–Kier alpha value is -2.23. The van der Waals surface area contributed by atoms with E-state index >= 15 is 0 Å². The molecule has 1 unspecified atom stereocenters. The number of allylic oxidation sites excluding steroid dienone is 2. The van der Waals surface area contributed by atoms with Crippen molar-refractivity contribution in [2.24, 2.45) is 10.9 Å². The molecule has 0 radical (unpaired) electrons. The van der Waals surface area contributed by atoms with Crippen LogP contribution in [0.1, 0.15) is 25.0 Å². The average molecular weight is 271 g/mol. The van der Waals surface area contributed by atoms with Crippen molar-refractivity contribution in [2.75, 3.05) is 0 Å². The van der Waals surface area contributed by atoms with E-state index in [9.17, 15) is 9.59 Å². The van der Waals surface area contributed by atoms with Gasteiger partial charge in [-0.3, -0.25) is 14.6 Å². The molecule has 0 amide bonds. The number of carbonyl (C=O) groups excluding carboxylic acids is 2. The van der Waals surface area contributed by atoms with Crippen LogP contribution < -0.4 is 0 Å². The Morgan fingerprint density at radius 2 is 1.85 bits per heavy atom. The third-order valence-corrected chi connectivity index (χ3v) is 3.18. The summed E-state index contributed by atoms with van der Waals surface area (Å²) in [6.07, 6.45) is 1.34. The molecule has 0 spiro atoms. The third-order valence-electron chi connectivity index (χ3n) is 3.18. The minimum Gasteiger partial charge on any atom is -0.430 e. The minimum atomic E-state index is -0.899. The van der Waals surface area contributed by atoms with E-state index in [1.165, 1.54) is 11.6 Å². The first-order valence-electron chi connectivity index (χ1n) is 6.47. The number of benzene rings is 1. The first kappa shape index (κ1) is 14.2. The van der Waals surface area contributed by atoms with Crippen LogP contribution in [0.25, 0.3) is 0 Å². The van der Waals surface area contributed by atoms with E-state index in [-0.39, 0.29) is 5.78 Å². The number of hydrogen-bond acceptors (Lipinski definition) is 4. The van der Waals surface area contributed by atoms with E-state index in [0.717, 1.165) is 5.56 Å². The molecular formula is C16H17NO3. The van der Waals surface area contributed by atoms with Crippen LogP contribution >= 0.6 is 0 Å². The fourth-order valence-corrected chi connectivity index (χ4v) is 2.02. The first-order chi connectivity index (χ1) is 9.47. The van der Waals surface area contributed by atoms with Gasteiger partial charge in [-0.2, -0.15) is 0 Å². The van der Waals surface area contributed by atoms with Crippen molar-refractivity contribution in [1.29, 1.82) is 0 Å². The van der Waals surface area contributed by atoms with Crippen LogP contribution in [-0.2, 0) is 20.9 Å². The van der Waals surface area contributed by atoms with E-state index in [4.69, 9.17) is 4.74 Å². The number of nitrogens with zero attached hydrogens (tertiary/aromatic N) is 1. The third kappa shape index (κ3) is 3.20. The molecule has 1 atom stereocenters. The first-order valence-corrected chi connectivity index (χ1v) is 6.47. The lowest BCUT2D eigenvalue weighted by molar-refractivity contribution is -0.146. The zero-order chi connectivity index (χ0) is 14.7. The summed E-state index contributed by atoms with van der Waals surface area (Å²) in [5.74, 6) is -1.37. The van der Waals surface area contributed by atoms with Crippen LogP contribution in [0.5, 0.6) is 0 Å². The van der Waals surface area contributed by atoms with Gasteiger partial charge in [0.1, 0.15) is 5.76 Å². The van der Waals surface area contributed by atoms with Gasteiger partial charge < -0.3 is 4.74 Å². The number of ketones is 1. The maximum absolute atomic E-state index is 11.9. The van der Waals surface area contributed by atoms with Crippen molar-refractivity contribution in [3.8, 4) is 0 Å². The second-order valence-corrected chi connectivity index (χ2v) is 4.95. The lowest BCUT2D eigenvalue weighted by atomic mass is 9.96. The number of carbonyl (C=O) groups is 2. The fraction of sp³-hybridized carbons (Fsp3) is 0.312. The summed E-state index contributed by atoms with van der Waals surface area (Å²) in [5, 5.41) is 0. The Morgan fingerprint density at radius 3 is 2.45 bits per heavy atom. The zero-order valence-electron chi connectivity index (χ0n) is 11.8. The van der Waals surface area contributed by atoms with Crippen LogP contribution in [0.15, 0.2) is 41.1 Å². The monoisotopic (exact) mass is 271 g/mol. The van der Waals surface area contributed by atoms with E-state index in [0.29, 0.717) is 18.0 Å². The number of rotatable bonds is 3. The summed E-state index contributed by atoms with van der Waals surface area (Å²) in [4.78, 5) is 27.9. The summed E-state index contributed by atoms with van der Waals surface area (Å²) in [5.41, 5.74) is 2.71. The number of esters is 1. The number of cyclic esters (lactones) is 1. The number of aryl methyl sites for hydroxylation is 1. The number of ether oxygens (including phenoxy) is 1. The van der Waals surface area contributed by atoms with Crippen molar-refractivity contribution in [1.82, 2.24) is 0 Å². The predicted octanol–water partition coefficient (Wildman–Crippen LogP) is 2.60. The van der Waals surface area contributed by atoms with Crippen molar-refractivity contribution in [3.05, 3.63) is 47.2 Å². The lowest BCUT2D eigenvalue weighted by Crippen LogP contribution is -2.34. The van der Waals surface area contributed by atoms with Crippen LogP contribution in [-0.4, -0.2) is 17.5 Å². The van der Waals surface area contributed by atoms with Gasteiger partial charge in [0.15, 0.2) is 11.7 Å². The van der Waals surface area contributed by atoms with Gasteiger partial charge >= 0.3 is 5.97 Å². The molecule has 4 heteroatoms. The Morgan fingerprint density at radius 1 is 1.20 bits per heavy atom. The lowest BCUT2D eigenvalue weighted by Gasteiger charge is -2.18. The molecule has 0 saturated carbocycles. The maximum Gasteiger partial charge on any atom is 0.327 e. The summed E-state index contributed by atoms with van der Waals surface area (Å²) in [6.45, 7) is 5.74. The molecular weight excluding hydrogens is 254 g/mol. The highest BCUT2D eigenvalue weighted by molar-refractivity contribution is 6.22. The molecule has 0 saturated heterocycles. The normalized spacial score (nSPS) is 19.6. The summed E-state index contributed by atoms with van der Waals surface area (Å²) in [7, 11) is 0. The molecule has 2 rings (SSSR count). The molecule has 0 aromatic heterocycles. The number of hydrogen-bond donors (Lipinski definition) is 0. The van der Waals surface area contributed by atoms with E-state index in [1.807, 2.05) is 31.2 Å². The standard InChI is InChI=1S/C16H17NO3/c1-10-4-6-13(7-5-10)9-17-12(3)15-14(18)8-11(2)20-16(15)19/h4-8,15H,9H2,1-3H3. The highest BCUT2D eigenvalue weighted by Gasteiger charge is 2.33. The highest BCUT2D eigenvalue weighted by atomic mass is 16.5. The van der Waals surface area contributed by atoms with Gasteiger partial charge in [0, 0.05) is 11.8 Å². The maximum atomic E-state index is 11.9.